The Morgan fingerprint density at radius 3 is 2.41 bits per heavy atom. The highest BCUT2D eigenvalue weighted by atomic mass is 16.7. The van der Waals surface area contributed by atoms with Crippen LogP contribution in [0.5, 0.6) is 0 Å². The standard InChI is InChI=1S/C25H38O4/c1-17-15-25(28-13-14-29-25)16-18-5-6-19-20-8-11-24(27,9-4-12-26)22(20,2)10-7-21(19)23(17,18)3/h17-21,26-27H,5-8,10-16H2,1-3H3/t17-,18-,19-,20-,21-,22-,23-,24-/m0/s1. The molecule has 1 spiro atoms. The zero-order chi connectivity index (χ0) is 20.5. The van der Waals surface area contributed by atoms with Crippen molar-refractivity contribution in [3.8, 4) is 11.8 Å². The molecule has 4 saturated carbocycles. The molecule has 0 unspecified atom stereocenters. The zero-order valence-corrected chi connectivity index (χ0v) is 18.4. The van der Waals surface area contributed by atoms with Crippen LogP contribution in [-0.2, 0) is 9.47 Å². The van der Waals surface area contributed by atoms with Gasteiger partial charge in [0, 0.05) is 18.3 Å². The zero-order valence-electron chi connectivity index (χ0n) is 18.4. The maximum absolute atomic E-state index is 11.4. The largest absolute Gasteiger partial charge is 0.384 e. The van der Waals surface area contributed by atoms with Crippen LogP contribution in [0.3, 0.4) is 0 Å². The van der Waals surface area contributed by atoms with E-state index in [9.17, 15) is 10.2 Å². The second-order valence-corrected chi connectivity index (χ2v) is 11.2. The van der Waals surface area contributed by atoms with E-state index >= 15 is 0 Å². The Morgan fingerprint density at radius 2 is 1.69 bits per heavy atom. The van der Waals surface area contributed by atoms with E-state index in [0.717, 1.165) is 51.2 Å². The first-order valence-electron chi connectivity index (χ1n) is 11.9. The van der Waals surface area contributed by atoms with E-state index in [0.29, 0.717) is 29.1 Å². The van der Waals surface area contributed by atoms with Crippen molar-refractivity contribution in [2.45, 2.75) is 83.5 Å². The fraction of sp³-hybridized carbons (Fsp3) is 0.920. The van der Waals surface area contributed by atoms with Gasteiger partial charge in [0.1, 0.15) is 12.2 Å². The molecule has 0 aromatic heterocycles. The van der Waals surface area contributed by atoms with E-state index in [1.165, 1.54) is 19.3 Å². The minimum absolute atomic E-state index is 0.143. The summed E-state index contributed by atoms with van der Waals surface area (Å²) in [6, 6.07) is 0. The molecule has 0 amide bonds. The highest BCUT2D eigenvalue weighted by Crippen LogP contribution is 2.70. The van der Waals surface area contributed by atoms with Crippen LogP contribution in [0.25, 0.3) is 0 Å². The summed E-state index contributed by atoms with van der Waals surface area (Å²) in [6.07, 6.45) is 8.66. The number of rotatable bonds is 0. The smallest absolute Gasteiger partial charge is 0.169 e. The minimum Gasteiger partial charge on any atom is -0.384 e. The quantitative estimate of drug-likeness (QED) is 0.606. The van der Waals surface area contributed by atoms with Crippen molar-refractivity contribution in [3.63, 3.8) is 0 Å². The molecule has 0 aromatic carbocycles. The predicted octanol–water partition coefficient (Wildman–Crippen LogP) is 3.75. The topological polar surface area (TPSA) is 58.9 Å². The highest BCUT2D eigenvalue weighted by molar-refractivity contribution is 5.26. The molecule has 29 heavy (non-hydrogen) atoms. The Labute approximate surface area is 175 Å². The lowest BCUT2D eigenvalue weighted by Gasteiger charge is -2.64. The summed E-state index contributed by atoms with van der Waals surface area (Å²) in [7, 11) is 0. The van der Waals surface area contributed by atoms with E-state index in [1.54, 1.807) is 0 Å². The van der Waals surface area contributed by atoms with Crippen molar-refractivity contribution in [1.29, 1.82) is 0 Å². The van der Waals surface area contributed by atoms with E-state index in [4.69, 9.17) is 9.47 Å². The van der Waals surface area contributed by atoms with Crippen molar-refractivity contribution in [3.05, 3.63) is 0 Å². The van der Waals surface area contributed by atoms with Crippen LogP contribution < -0.4 is 0 Å². The summed E-state index contributed by atoms with van der Waals surface area (Å²) in [5, 5.41) is 20.6. The average Bonchev–Trinajstić information content (AvgIpc) is 3.24. The van der Waals surface area contributed by atoms with Crippen LogP contribution in [0.1, 0.15) is 72.1 Å². The van der Waals surface area contributed by atoms with Crippen molar-refractivity contribution >= 4 is 0 Å². The summed E-state index contributed by atoms with van der Waals surface area (Å²) < 4.78 is 12.3. The molecule has 4 aliphatic carbocycles. The van der Waals surface area contributed by atoms with Gasteiger partial charge in [-0.15, -0.1) is 0 Å². The van der Waals surface area contributed by atoms with Gasteiger partial charge in [-0.3, -0.25) is 0 Å². The fourth-order valence-corrected chi connectivity index (χ4v) is 8.84. The van der Waals surface area contributed by atoms with Gasteiger partial charge >= 0.3 is 0 Å². The molecule has 4 nitrogen and oxygen atoms in total. The fourth-order valence-electron chi connectivity index (χ4n) is 8.84. The molecule has 0 aromatic rings. The van der Waals surface area contributed by atoms with Crippen molar-refractivity contribution in [2.24, 2.45) is 40.4 Å². The number of hydrogen-bond acceptors (Lipinski definition) is 4. The third-order valence-corrected chi connectivity index (χ3v) is 10.5. The Kier molecular flexibility index (Phi) is 4.69. The summed E-state index contributed by atoms with van der Waals surface area (Å²) in [5.41, 5.74) is -0.741. The first-order valence-corrected chi connectivity index (χ1v) is 11.9. The minimum atomic E-state index is -0.934. The molecule has 5 aliphatic rings. The number of fused-ring (bicyclic) bond motifs is 5. The molecule has 8 atom stereocenters. The van der Waals surface area contributed by atoms with Crippen LogP contribution in [0.15, 0.2) is 0 Å². The summed E-state index contributed by atoms with van der Waals surface area (Å²) in [4.78, 5) is 0. The van der Waals surface area contributed by atoms with Crippen LogP contribution >= 0.6 is 0 Å². The van der Waals surface area contributed by atoms with Crippen LogP contribution in [0.4, 0.5) is 0 Å². The van der Waals surface area contributed by atoms with Gasteiger partial charge in [0.25, 0.3) is 0 Å². The monoisotopic (exact) mass is 402 g/mol. The molecule has 5 rings (SSSR count). The lowest BCUT2D eigenvalue weighted by atomic mass is 9.42. The van der Waals surface area contributed by atoms with Gasteiger partial charge in [0.05, 0.1) is 13.2 Å². The molecule has 162 valence electrons. The van der Waals surface area contributed by atoms with Crippen molar-refractivity contribution in [1.82, 2.24) is 0 Å². The van der Waals surface area contributed by atoms with E-state index in [2.05, 4.69) is 32.6 Å². The Balaban J connectivity index is 1.43. The number of aliphatic hydroxyl groups is 2. The lowest BCUT2D eigenvalue weighted by Crippen LogP contribution is -2.60. The van der Waals surface area contributed by atoms with Crippen molar-refractivity contribution < 1.29 is 19.7 Å². The predicted molar refractivity (Wildman–Crippen MR) is 111 cm³/mol. The molecular weight excluding hydrogens is 364 g/mol. The molecule has 0 radical (unpaired) electrons. The molecule has 0 bridgehead atoms. The number of aliphatic hydroxyl groups excluding tert-OH is 1. The van der Waals surface area contributed by atoms with Gasteiger partial charge in [-0.05, 0) is 73.5 Å². The van der Waals surface area contributed by atoms with Crippen LogP contribution in [-0.4, -0.2) is 41.4 Å². The molecule has 1 aliphatic heterocycles. The lowest BCUT2D eigenvalue weighted by molar-refractivity contribution is -0.249. The third-order valence-electron chi connectivity index (χ3n) is 10.5. The molecule has 4 heteroatoms. The molecule has 5 fully saturated rings. The Morgan fingerprint density at radius 1 is 0.966 bits per heavy atom. The van der Waals surface area contributed by atoms with Gasteiger partial charge < -0.3 is 19.7 Å². The normalized spacial score (nSPS) is 52.9. The Hall–Kier alpha value is -0.600. The Bertz CT molecular complexity index is 718. The number of ether oxygens (including phenoxy) is 2. The molecular formula is C25H38O4. The van der Waals surface area contributed by atoms with Gasteiger partial charge in [-0.1, -0.05) is 32.6 Å². The average molecular weight is 403 g/mol. The van der Waals surface area contributed by atoms with E-state index < -0.39 is 5.60 Å². The summed E-state index contributed by atoms with van der Waals surface area (Å²) in [6.45, 7) is 8.61. The summed E-state index contributed by atoms with van der Waals surface area (Å²) >= 11 is 0. The second kappa shape index (κ2) is 6.70. The van der Waals surface area contributed by atoms with Crippen LogP contribution in [0.2, 0.25) is 0 Å². The maximum atomic E-state index is 11.4. The number of hydrogen-bond donors (Lipinski definition) is 2. The van der Waals surface area contributed by atoms with Crippen molar-refractivity contribution in [2.75, 3.05) is 19.8 Å². The van der Waals surface area contributed by atoms with Gasteiger partial charge in [-0.25, -0.2) is 0 Å². The second-order valence-electron chi connectivity index (χ2n) is 11.2. The van der Waals surface area contributed by atoms with Gasteiger partial charge in [0.2, 0.25) is 0 Å². The summed E-state index contributed by atoms with van der Waals surface area (Å²) in [5.74, 6) is 8.74. The van der Waals surface area contributed by atoms with E-state index in [1.807, 2.05) is 0 Å². The third kappa shape index (κ3) is 2.67. The molecule has 2 N–H and O–H groups in total. The first kappa shape index (κ1) is 20.3. The highest BCUT2D eigenvalue weighted by Gasteiger charge is 2.66. The van der Waals surface area contributed by atoms with Crippen LogP contribution in [0, 0.1) is 52.3 Å². The maximum Gasteiger partial charge on any atom is 0.169 e. The van der Waals surface area contributed by atoms with Gasteiger partial charge in [0.15, 0.2) is 5.79 Å². The molecule has 1 heterocycles. The molecule has 1 saturated heterocycles. The van der Waals surface area contributed by atoms with Gasteiger partial charge in [-0.2, -0.15) is 0 Å². The van der Waals surface area contributed by atoms with E-state index in [-0.39, 0.29) is 17.8 Å². The SMILES string of the molecule is C[C@H]1CC2(C[C@@H]3CC[C@@H]4[C@H](CC[C@@]5(C)[C@H]4CC[C@@]5(O)C#CCO)[C@]31C)OCCO2. The first-order chi connectivity index (χ1) is 13.8.